The molecule has 21 heavy (non-hydrogen) atoms. The van der Waals surface area contributed by atoms with Gasteiger partial charge >= 0.3 is 11.9 Å². The Labute approximate surface area is 124 Å². The molecule has 1 rings (SSSR count). The van der Waals surface area contributed by atoms with Gasteiger partial charge in [-0.15, -0.1) is 0 Å². The van der Waals surface area contributed by atoms with Crippen LogP contribution >= 0.6 is 0 Å². The number of carbonyl (C=O) groups excluding carboxylic acids is 2. The quantitative estimate of drug-likeness (QED) is 0.787. The molecule has 0 N–H and O–H groups in total. The average molecular weight is 314 g/mol. The minimum atomic E-state index is -3.55. The summed E-state index contributed by atoms with van der Waals surface area (Å²) in [5.74, 6) is -1.80. The van der Waals surface area contributed by atoms with E-state index >= 15 is 0 Å². The molecule has 6 nitrogen and oxygen atoms in total. The fourth-order valence-corrected chi connectivity index (χ4v) is 3.15. The zero-order chi connectivity index (χ0) is 16.4. The molecular weight excluding hydrogens is 296 g/mol. The Morgan fingerprint density at radius 2 is 1.57 bits per heavy atom. The van der Waals surface area contributed by atoms with E-state index in [1.807, 2.05) is 0 Å². The van der Waals surface area contributed by atoms with Crippen molar-refractivity contribution < 1.29 is 27.5 Å². The monoisotopic (exact) mass is 314 g/mol. The molecule has 1 aromatic carbocycles. The first-order chi connectivity index (χ1) is 9.65. The van der Waals surface area contributed by atoms with E-state index in [9.17, 15) is 18.0 Å². The Balaban J connectivity index is 3.88. The van der Waals surface area contributed by atoms with E-state index < -0.39 is 21.8 Å². The van der Waals surface area contributed by atoms with Crippen LogP contribution in [0.1, 0.15) is 46.0 Å². The summed E-state index contributed by atoms with van der Waals surface area (Å²) in [6, 6.07) is 2.57. The van der Waals surface area contributed by atoms with E-state index in [0.29, 0.717) is 0 Å². The van der Waals surface area contributed by atoms with Gasteiger partial charge in [-0.25, -0.2) is 18.0 Å². The van der Waals surface area contributed by atoms with Crippen molar-refractivity contribution in [3.05, 3.63) is 28.8 Å². The van der Waals surface area contributed by atoms with Crippen molar-refractivity contribution in [2.75, 3.05) is 20.5 Å². The third-order valence-electron chi connectivity index (χ3n) is 2.98. The van der Waals surface area contributed by atoms with Gasteiger partial charge in [0, 0.05) is 6.26 Å². The first-order valence-corrected chi connectivity index (χ1v) is 8.07. The lowest BCUT2D eigenvalue weighted by Gasteiger charge is -2.18. The highest BCUT2D eigenvalue weighted by atomic mass is 32.2. The van der Waals surface area contributed by atoms with Crippen molar-refractivity contribution >= 4 is 21.8 Å². The van der Waals surface area contributed by atoms with Crippen molar-refractivity contribution in [1.82, 2.24) is 0 Å². The van der Waals surface area contributed by atoms with Gasteiger partial charge in [0.05, 0.1) is 30.2 Å². The number of sulfone groups is 1. The second kappa shape index (κ2) is 6.26. The van der Waals surface area contributed by atoms with Crippen LogP contribution in [0.3, 0.4) is 0 Å². The standard InChI is InChI=1S/C14H18O6S/c1-8(2)11-10(21(5,17)18)7-6-9(13(15)19-3)12(11)14(16)20-4/h6-8H,1-5H3. The smallest absolute Gasteiger partial charge is 0.339 e. The summed E-state index contributed by atoms with van der Waals surface area (Å²) in [5, 5.41) is 0. The topological polar surface area (TPSA) is 86.7 Å². The van der Waals surface area contributed by atoms with Gasteiger partial charge in [0.2, 0.25) is 0 Å². The Bertz CT molecular complexity index is 673. The van der Waals surface area contributed by atoms with Crippen molar-refractivity contribution in [2.24, 2.45) is 0 Å². The molecule has 0 atom stereocenters. The molecule has 0 heterocycles. The molecular formula is C14H18O6S. The number of benzene rings is 1. The lowest BCUT2D eigenvalue weighted by atomic mass is 9.93. The minimum Gasteiger partial charge on any atom is -0.465 e. The summed E-state index contributed by atoms with van der Waals surface area (Å²) < 4.78 is 33.1. The number of hydrogen-bond acceptors (Lipinski definition) is 6. The Morgan fingerprint density at radius 1 is 1.05 bits per heavy atom. The number of methoxy groups -OCH3 is 2. The number of ether oxygens (including phenoxy) is 2. The van der Waals surface area contributed by atoms with Crippen molar-refractivity contribution in [3.8, 4) is 0 Å². The normalized spacial score (nSPS) is 11.3. The van der Waals surface area contributed by atoms with Crippen molar-refractivity contribution in [1.29, 1.82) is 0 Å². The maximum Gasteiger partial charge on any atom is 0.339 e. The minimum absolute atomic E-state index is 0.00514. The van der Waals surface area contributed by atoms with Gasteiger partial charge in [-0.05, 0) is 23.6 Å². The van der Waals surface area contributed by atoms with E-state index in [2.05, 4.69) is 9.47 Å². The molecule has 0 aliphatic rings. The van der Waals surface area contributed by atoms with Crippen LogP contribution in [0.4, 0.5) is 0 Å². The lowest BCUT2D eigenvalue weighted by Crippen LogP contribution is -2.18. The summed E-state index contributed by atoms with van der Waals surface area (Å²) in [4.78, 5) is 23.9. The summed E-state index contributed by atoms with van der Waals surface area (Å²) in [7, 11) is -1.20. The van der Waals surface area contributed by atoms with Crippen LogP contribution in [-0.2, 0) is 19.3 Å². The third-order valence-corrected chi connectivity index (χ3v) is 4.13. The summed E-state index contributed by atoms with van der Waals surface area (Å²) in [6.45, 7) is 3.47. The molecule has 0 aromatic heterocycles. The second-order valence-electron chi connectivity index (χ2n) is 4.81. The molecule has 0 bridgehead atoms. The van der Waals surface area contributed by atoms with E-state index in [-0.39, 0.29) is 27.5 Å². The molecule has 0 unspecified atom stereocenters. The van der Waals surface area contributed by atoms with Crippen LogP contribution in [0.2, 0.25) is 0 Å². The predicted octanol–water partition coefficient (Wildman–Crippen LogP) is 1.79. The first kappa shape index (κ1) is 17.2. The highest BCUT2D eigenvalue weighted by Crippen LogP contribution is 2.31. The predicted molar refractivity (Wildman–Crippen MR) is 76.3 cm³/mol. The number of carbonyl (C=O) groups is 2. The molecule has 0 fully saturated rings. The van der Waals surface area contributed by atoms with Crippen molar-refractivity contribution in [2.45, 2.75) is 24.7 Å². The second-order valence-corrected chi connectivity index (χ2v) is 6.79. The number of esters is 2. The fraction of sp³-hybridized carbons (Fsp3) is 0.429. The Kier molecular flexibility index (Phi) is 5.11. The van der Waals surface area contributed by atoms with Gasteiger partial charge in [-0.3, -0.25) is 0 Å². The van der Waals surface area contributed by atoms with Gasteiger partial charge in [-0.1, -0.05) is 13.8 Å². The van der Waals surface area contributed by atoms with Gasteiger partial charge in [0.25, 0.3) is 0 Å². The van der Waals surface area contributed by atoms with Gasteiger partial charge in [0.15, 0.2) is 9.84 Å². The van der Waals surface area contributed by atoms with E-state index in [1.165, 1.54) is 26.4 Å². The Hall–Kier alpha value is -1.89. The SMILES string of the molecule is COC(=O)c1ccc(S(C)(=O)=O)c(C(C)C)c1C(=O)OC. The van der Waals surface area contributed by atoms with E-state index in [4.69, 9.17) is 0 Å². The van der Waals surface area contributed by atoms with E-state index in [1.54, 1.807) is 13.8 Å². The Morgan fingerprint density at radius 3 is 1.95 bits per heavy atom. The first-order valence-electron chi connectivity index (χ1n) is 6.18. The fourth-order valence-electron chi connectivity index (χ4n) is 2.10. The molecule has 0 spiro atoms. The maximum atomic E-state index is 12.0. The van der Waals surface area contributed by atoms with Crippen molar-refractivity contribution in [3.63, 3.8) is 0 Å². The van der Waals surface area contributed by atoms with E-state index in [0.717, 1.165) is 6.26 Å². The van der Waals surface area contributed by atoms with Crippen LogP contribution in [0, 0.1) is 0 Å². The highest BCUT2D eigenvalue weighted by Gasteiger charge is 2.29. The van der Waals surface area contributed by atoms with Crippen LogP contribution in [0.15, 0.2) is 17.0 Å². The number of hydrogen-bond donors (Lipinski definition) is 0. The molecule has 1 aromatic rings. The van der Waals surface area contributed by atoms with Gasteiger partial charge in [-0.2, -0.15) is 0 Å². The average Bonchev–Trinajstić information content (AvgIpc) is 2.42. The van der Waals surface area contributed by atoms with Gasteiger partial charge in [0.1, 0.15) is 0 Å². The molecule has 0 saturated carbocycles. The summed E-state index contributed by atoms with van der Waals surface area (Å²) in [5.41, 5.74) is 0.176. The zero-order valence-corrected chi connectivity index (χ0v) is 13.4. The number of rotatable bonds is 4. The maximum absolute atomic E-state index is 12.0. The van der Waals surface area contributed by atoms with Crippen LogP contribution in [0.25, 0.3) is 0 Å². The lowest BCUT2D eigenvalue weighted by molar-refractivity contribution is 0.0553. The molecule has 0 radical (unpaired) electrons. The van der Waals surface area contributed by atoms with Crippen LogP contribution in [-0.4, -0.2) is 40.8 Å². The molecule has 116 valence electrons. The zero-order valence-electron chi connectivity index (χ0n) is 12.6. The third kappa shape index (κ3) is 3.41. The van der Waals surface area contributed by atoms with Gasteiger partial charge < -0.3 is 9.47 Å². The molecule has 0 amide bonds. The van der Waals surface area contributed by atoms with Crippen LogP contribution in [0.5, 0.6) is 0 Å². The largest absolute Gasteiger partial charge is 0.465 e. The molecule has 0 saturated heterocycles. The van der Waals surface area contributed by atoms with Crippen LogP contribution < -0.4 is 0 Å². The molecule has 7 heteroatoms. The highest BCUT2D eigenvalue weighted by molar-refractivity contribution is 7.90. The molecule has 0 aliphatic heterocycles. The molecule has 0 aliphatic carbocycles. The summed E-state index contributed by atoms with van der Waals surface area (Å²) in [6.07, 6.45) is 1.05. The summed E-state index contributed by atoms with van der Waals surface area (Å²) >= 11 is 0.